The number of halogens is 2. The van der Waals surface area contributed by atoms with Gasteiger partial charge in [-0.25, -0.2) is 0 Å². The number of ether oxygens (including phenoxy) is 2. The molecular formula is C17H23F2NO3. The van der Waals surface area contributed by atoms with Gasteiger partial charge in [0.15, 0.2) is 0 Å². The largest absolute Gasteiger partial charge is 0.435 e. The molecular weight excluding hydrogens is 304 g/mol. The smallest absolute Gasteiger partial charge is 0.387 e. The Kier molecular flexibility index (Phi) is 6.77. The van der Waals surface area contributed by atoms with Gasteiger partial charge in [0.25, 0.3) is 0 Å². The van der Waals surface area contributed by atoms with E-state index in [-0.39, 0.29) is 24.4 Å². The molecule has 1 saturated carbocycles. The molecule has 0 spiro atoms. The molecule has 0 atom stereocenters. The van der Waals surface area contributed by atoms with Crippen LogP contribution in [0.1, 0.15) is 37.7 Å². The predicted octanol–water partition coefficient (Wildman–Crippen LogP) is 3.60. The van der Waals surface area contributed by atoms with E-state index in [1.54, 1.807) is 24.1 Å². The highest BCUT2D eigenvalue weighted by molar-refractivity contribution is 5.77. The summed E-state index contributed by atoms with van der Waals surface area (Å²) in [6, 6.07) is 6.28. The molecule has 0 bridgehead atoms. The highest BCUT2D eigenvalue weighted by Gasteiger charge is 2.17. The molecule has 0 heterocycles. The number of benzene rings is 1. The average Bonchev–Trinajstić information content (AvgIpc) is 2.55. The van der Waals surface area contributed by atoms with Gasteiger partial charge in [-0.1, -0.05) is 31.4 Å². The fourth-order valence-electron chi connectivity index (χ4n) is 2.67. The van der Waals surface area contributed by atoms with Gasteiger partial charge < -0.3 is 14.4 Å². The molecule has 1 aliphatic carbocycles. The van der Waals surface area contributed by atoms with Gasteiger partial charge in [-0.3, -0.25) is 4.79 Å². The van der Waals surface area contributed by atoms with Gasteiger partial charge in [-0.2, -0.15) is 8.78 Å². The monoisotopic (exact) mass is 327 g/mol. The van der Waals surface area contributed by atoms with Crippen molar-refractivity contribution in [1.29, 1.82) is 0 Å². The summed E-state index contributed by atoms with van der Waals surface area (Å²) < 4.78 is 34.1. The number of nitrogens with zero attached hydrogens (tertiary/aromatic N) is 1. The van der Waals surface area contributed by atoms with Crippen molar-refractivity contribution < 1.29 is 23.0 Å². The van der Waals surface area contributed by atoms with Gasteiger partial charge >= 0.3 is 6.61 Å². The third kappa shape index (κ3) is 6.14. The molecule has 0 radical (unpaired) electrons. The Morgan fingerprint density at radius 3 is 2.48 bits per heavy atom. The summed E-state index contributed by atoms with van der Waals surface area (Å²) in [5.74, 6) is 0.0295. The fraction of sp³-hybridized carbons (Fsp3) is 0.588. The predicted molar refractivity (Wildman–Crippen MR) is 82.4 cm³/mol. The summed E-state index contributed by atoms with van der Waals surface area (Å²) in [6.07, 6.45) is 5.85. The van der Waals surface area contributed by atoms with Crippen LogP contribution in [0, 0.1) is 0 Å². The molecule has 0 aromatic heterocycles. The van der Waals surface area contributed by atoms with E-state index in [1.165, 1.54) is 31.4 Å². The molecule has 128 valence electrons. The summed E-state index contributed by atoms with van der Waals surface area (Å²) in [5, 5.41) is 0. The van der Waals surface area contributed by atoms with Gasteiger partial charge in [-0.15, -0.1) is 0 Å². The van der Waals surface area contributed by atoms with Crippen molar-refractivity contribution >= 4 is 5.91 Å². The lowest BCUT2D eigenvalue weighted by molar-refractivity contribution is -0.138. The maximum atomic E-state index is 12.1. The topological polar surface area (TPSA) is 38.8 Å². The Balaban J connectivity index is 1.76. The Morgan fingerprint density at radius 1 is 1.22 bits per heavy atom. The molecule has 6 heteroatoms. The first kappa shape index (κ1) is 17.7. The normalized spacial score (nSPS) is 15.7. The number of carbonyl (C=O) groups is 1. The molecule has 2 rings (SSSR count). The third-order valence-electron chi connectivity index (χ3n) is 3.99. The van der Waals surface area contributed by atoms with Crippen molar-refractivity contribution in [2.75, 3.05) is 13.7 Å². The first-order valence-corrected chi connectivity index (χ1v) is 7.94. The van der Waals surface area contributed by atoms with Crippen LogP contribution < -0.4 is 4.74 Å². The second-order valence-corrected chi connectivity index (χ2v) is 5.84. The van der Waals surface area contributed by atoms with Gasteiger partial charge in [0.1, 0.15) is 12.4 Å². The average molecular weight is 327 g/mol. The number of alkyl halides is 2. The van der Waals surface area contributed by atoms with Crippen molar-refractivity contribution in [1.82, 2.24) is 4.90 Å². The summed E-state index contributed by atoms with van der Waals surface area (Å²) in [5.41, 5.74) is 0.847. The quantitative estimate of drug-likeness (QED) is 0.768. The van der Waals surface area contributed by atoms with E-state index in [0.29, 0.717) is 6.54 Å². The van der Waals surface area contributed by atoms with Gasteiger partial charge in [-0.05, 0) is 30.5 Å². The maximum Gasteiger partial charge on any atom is 0.387 e. The molecule has 1 aliphatic rings. The van der Waals surface area contributed by atoms with E-state index in [2.05, 4.69) is 4.74 Å². The van der Waals surface area contributed by atoms with E-state index in [0.717, 1.165) is 18.4 Å². The molecule has 4 nitrogen and oxygen atoms in total. The highest BCUT2D eigenvalue weighted by atomic mass is 19.3. The van der Waals surface area contributed by atoms with Crippen LogP contribution in [-0.4, -0.2) is 37.2 Å². The lowest BCUT2D eigenvalue weighted by Gasteiger charge is -2.23. The van der Waals surface area contributed by atoms with Crippen LogP contribution in [-0.2, 0) is 16.1 Å². The number of hydrogen-bond donors (Lipinski definition) is 0. The van der Waals surface area contributed by atoms with Crippen LogP contribution in [0.15, 0.2) is 24.3 Å². The lowest BCUT2D eigenvalue weighted by atomic mass is 9.98. The molecule has 0 N–H and O–H groups in total. The zero-order valence-electron chi connectivity index (χ0n) is 13.3. The molecule has 1 aromatic rings. The molecule has 0 aliphatic heterocycles. The minimum atomic E-state index is -2.83. The Labute approximate surface area is 135 Å². The summed E-state index contributed by atoms with van der Waals surface area (Å²) in [7, 11) is 1.70. The van der Waals surface area contributed by atoms with E-state index in [4.69, 9.17) is 4.74 Å². The van der Waals surface area contributed by atoms with E-state index >= 15 is 0 Å². The summed E-state index contributed by atoms with van der Waals surface area (Å²) in [6.45, 7) is -2.34. The Bertz CT molecular complexity index is 487. The standard InChI is InChI=1S/C17H23F2NO3/c1-20(16(21)12-22-14-5-3-2-4-6-14)11-13-7-9-15(10-8-13)23-17(18)19/h7-10,14,17H,2-6,11-12H2,1H3. The maximum absolute atomic E-state index is 12.1. The first-order valence-electron chi connectivity index (χ1n) is 7.94. The zero-order chi connectivity index (χ0) is 16.7. The summed E-state index contributed by atoms with van der Waals surface area (Å²) in [4.78, 5) is 13.7. The van der Waals surface area contributed by atoms with Crippen LogP contribution >= 0.6 is 0 Å². The van der Waals surface area contributed by atoms with Crippen LogP contribution in [0.4, 0.5) is 8.78 Å². The minimum absolute atomic E-state index is 0.0801. The van der Waals surface area contributed by atoms with E-state index in [1.807, 2.05) is 0 Å². The SMILES string of the molecule is CN(Cc1ccc(OC(F)F)cc1)C(=O)COC1CCCCC1. The second kappa shape index (κ2) is 8.82. The van der Waals surface area contributed by atoms with Crippen molar-refractivity contribution in [3.63, 3.8) is 0 Å². The first-order chi connectivity index (χ1) is 11.0. The molecule has 1 fully saturated rings. The second-order valence-electron chi connectivity index (χ2n) is 5.84. The van der Waals surface area contributed by atoms with Crippen molar-refractivity contribution in [3.05, 3.63) is 29.8 Å². The summed E-state index contributed by atoms with van der Waals surface area (Å²) >= 11 is 0. The number of likely N-dealkylation sites (N-methyl/N-ethyl adjacent to an activating group) is 1. The van der Waals surface area contributed by atoms with E-state index in [9.17, 15) is 13.6 Å². The van der Waals surface area contributed by atoms with Crippen molar-refractivity contribution in [2.24, 2.45) is 0 Å². The van der Waals surface area contributed by atoms with Gasteiger partial charge in [0.2, 0.25) is 5.91 Å². The van der Waals surface area contributed by atoms with Crippen LogP contribution in [0.25, 0.3) is 0 Å². The van der Waals surface area contributed by atoms with Crippen LogP contribution in [0.2, 0.25) is 0 Å². The number of amides is 1. The Morgan fingerprint density at radius 2 is 1.87 bits per heavy atom. The number of rotatable bonds is 7. The van der Waals surface area contributed by atoms with Crippen LogP contribution in [0.3, 0.4) is 0 Å². The molecule has 23 heavy (non-hydrogen) atoms. The van der Waals surface area contributed by atoms with Gasteiger partial charge in [0, 0.05) is 13.6 Å². The molecule has 1 amide bonds. The van der Waals surface area contributed by atoms with Crippen molar-refractivity contribution in [2.45, 2.75) is 51.4 Å². The van der Waals surface area contributed by atoms with Gasteiger partial charge in [0.05, 0.1) is 6.10 Å². The number of hydrogen-bond acceptors (Lipinski definition) is 3. The third-order valence-corrected chi connectivity index (χ3v) is 3.99. The zero-order valence-corrected chi connectivity index (χ0v) is 13.3. The molecule has 1 aromatic carbocycles. The highest BCUT2D eigenvalue weighted by Crippen LogP contribution is 2.20. The van der Waals surface area contributed by atoms with Crippen LogP contribution in [0.5, 0.6) is 5.75 Å². The molecule has 0 saturated heterocycles. The molecule has 0 unspecified atom stereocenters. The lowest BCUT2D eigenvalue weighted by Crippen LogP contribution is -2.32. The fourth-order valence-corrected chi connectivity index (χ4v) is 2.67. The minimum Gasteiger partial charge on any atom is -0.435 e. The van der Waals surface area contributed by atoms with E-state index < -0.39 is 6.61 Å². The van der Waals surface area contributed by atoms with Crippen molar-refractivity contribution in [3.8, 4) is 5.75 Å². The number of carbonyl (C=O) groups excluding carboxylic acids is 1. The Hall–Kier alpha value is -1.69.